The van der Waals surface area contributed by atoms with Gasteiger partial charge in [0.25, 0.3) is 0 Å². The van der Waals surface area contributed by atoms with Gasteiger partial charge >= 0.3 is 0 Å². The average molecular weight is 367 g/mol. The van der Waals surface area contributed by atoms with Crippen LogP contribution in [0.15, 0.2) is 22.7 Å². The van der Waals surface area contributed by atoms with Crippen LogP contribution in [0.3, 0.4) is 0 Å². The molecule has 0 aliphatic carbocycles. The first-order chi connectivity index (χ1) is 11.7. The molecule has 0 radical (unpaired) electrons. The number of hydrogen-bond donors (Lipinski definition) is 1. The third kappa shape index (κ3) is 4.78. The topological polar surface area (TPSA) is 75.9 Å². The Bertz CT molecular complexity index is 636. The van der Waals surface area contributed by atoms with Crippen LogP contribution < -0.4 is 5.32 Å². The minimum atomic E-state index is 0.0561. The summed E-state index contributed by atoms with van der Waals surface area (Å²) >= 11 is 3.06. The van der Waals surface area contributed by atoms with Crippen molar-refractivity contribution in [2.24, 2.45) is 0 Å². The molecular formula is C15H22N6OS2. The van der Waals surface area contributed by atoms with Crippen LogP contribution in [0.1, 0.15) is 24.6 Å². The highest BCUT2D eigenvalue weighted by Crippen LogP contribution is 2.17. The fourth-order valence-corrected chi connectivity index (χ4v) is 4.12. The van der Waals surface area contributed by atoms with Crippen molar-refractivity contribution in [2.75, 3.05) is 25.4 Å². The molecule has 1 amide bonds. The minimum Gasteiger partial charge on any atom is -0.353 e. The van der Waals surface area contributed by atoms with E-state index in [2.05, 4.69) is 38.7 Å². The summed E-state index contributed by atoms with van der Waals surface area (Å²) < 4.78 is 1.74. The van der Waals surface area contributed by atoms with Gasteiger partial charge in [0.15, 0.2) is 0 Å². The van der Waals surface area contributed by atoms with Gasteiger partial charge in [-0.1, -0.05) is 24.8 Å². The Hall–Kier alpha value is -1.45. The van der Waals surface area contributed by atoms with Crippen LogP contribution in [0.25, 0.3) is 0 Å². The summed E-state index contributed by atoms with van der Waals surface area (Å²) in [4.78, 5) is 15.8. The highest BCUT2D eigenvalue weighted by Gasteiger charge is 2.20. The highest BCUT2D eigenvalue weighted by atomic mass is 32.2. The first kappa shape index (κ1) is 17.4. The third-order valence-electron chi connectivity index (χ3n) is 4.12. The van der Waals surface area contributed by atoms with Crippen LogP contribution in [0, 0.1) is 0 Å². The first-order valence-electron chi connectivity index (χ1n) is 8.17. The number of carbonyl (C=O) groups is 1. The summed E-state index contributed by atoms with van der Waals surface area (Å²) in [6.07, 6.45) is 2.06. The summed E-state index contributed by atoms with van der Waals surface area (Å²) in [6, 6.07) is 4.35. The van der Waals surface area contributed by atoms with Crippen molar-refractivity contribution < 1.29 is 4.79 Å². The SMILES string of the molecule is CCN1CCC(NC(=O)CSc2nnnn2Cc2cccs2)CC1. The van der Waals surface area contributed by atoms with Crippen molar-refractivity contribution in [3.05, 3.63) is 22.4 Å². The van der Waals surface area contributed by atoms with Gasteiger partial charge in [-0.05, 0) is 41.3 Å². The Morgan fingerprint density at radius 2 is 2.29 bits per heavy atom. The van der Waals surface area contributed by atoms with Gasteiger partial charge in [0.05, 0.1) is 12.3 Å². The molecule has 0 saturated carbocycles. The number of likely N-dealkylation sites (tertiary alicyclic amines) is 1. The van der Waals surface area contributed by atoms with Crippen molar-refractivity contribution in [1.82, 2.24) is 30.4 Å². The number of amides is 1. The molecule has 0 bridgehead atoms. The maximum absolute atomic E-state index is 12.2. The minimum absolute atomic E-state index is 0.0561. The van der Waals surface area contributed by atoms with Gasteiger partial charge in [-0.25, -0.2) is 4.68 Å². The van der Waals surface area contributed by atoms with Crippen LogP contribution in [0.4, 0.5) is 0 Å². The van der Waals surface area contributed by atoms with E-state index in [1.165, 1.54) is 16.6 Å². The van der Waals surface area contributed by atoms with E-state index in [4.69, 9.17) is 0 Å². The van der Waals surface area contributed by atoms with Gasteiger partial charge in [0.1, 0.15) is 0 Å². The quantitative estimate of drug-likeness (QED) is 0.748. The molecule has 3 heterocycles. The van der Waals surface area contributed by atoms with E-state index in [9.17, 15) is 4.79 Å². The smallest absolute Gasteiger partial charge is 0.230 e. The van der Waals surface area contributed by atoms with Gasteiger partial charge in [-0.15, -0.1) is 16.4 Å². The zero-order chi connectivity index (χ0) is 16.8. The number of thiophene rings is 1. The molecule has 1 N–H and O–H groups in total. The van der Waals surface area contributed by atoms with Gasteiger partial charge in [-0.2, -0.15) is 0 Å². The second kappa shape index (κ2) is 8.59. The second-order valence-electron chi connectivity index (χ2n) is 5.76. The normalized spacial score (nSPS) is 16.4. The molecule has 2 aromatic rings. The molecule has 7 nitrogen and oxygen atoms in total. The standard InChI is InChI=1S/C15H22N6OS2/c1-2-20-7-5-12(6-8-20)16-14(22)11-24-15-17-18-19-21(15)10-13-4-3-9-23-13/h3-4,9,12H,2,5-8,10-11H2,1H3,(H,16,22). The molecule has 1 fully saturated rings. The Labute approximate surface area is 149 Å². The van der Waals surface area contributed by atoms with Crippen molar-refractivity contribution in [1.29, 1.82) is 0 Å². The van der Waals surface area contributed by atoms with Crippen molar-refractivity contribution in [3.8, 4) is 0 Å². The third-order valence-corrected chi connectivity index (χ3v) is 5.94. The molecular weight excluding hydrogens is 344 g/mol. The number of thioether (sulfide) groups is 1. The van der Waals surface area contributed by atoms with Crippen LogP contribution in [0.5, 0.6) is 0 Å². The highest BCUT2D eigenvalue weighted by molar-refractivity contribution is 7.99. The summed E-state index contributed by atoms with van der Waals surface area (Å²) in [5, 5.41) is 17.6. The number of aromatic nitrogens is 4. The summed E-state index contributed by atoms with van der Waals surface area (Å²) in [5.41, 5.74) is 0. The molecule has 1 saturated heterocycles. The van der Waals surface area contributed by atoms with Crippen molar-refractivity contribution in [2.45, 2.75) is 37.5 Å². The van der Waals surface area contributed by atoms with Gasteiger partial charge in [0, 0.05) is 24.0 Å². The lowest BCUT2D eigenvalue weighted by atomic mass is 10.1. The van der Waals surface area contributed by atoms with E-state index in [0.29, 0.717) is 23.5 Å². The van der Waals surface area contributed by atoms with E-state index in [0.717, 1.165) is 32.5 Å². The van der Waals surface area contributed by atoms with E-state index in [-0.39, 0.29) is 5.91 Å². The Morgan fingerprint density at radius 3 is 3.00 bits per heavy atom. The van der Waals surface area contributed by atoms with Crippen LogP contribution >= 0.6 is 23.1 Å². The number of rotatable bonds is 7. The van der Waals surface area contributed by atoms with E-state index < -0.39 is 0 Å². The number of nitrogens with zero attached hydrogens (tertiary/aromatic N) is 5. The average Bonchev–Trinajstić information content (AvgIpc) is 3.26. The molecule has 9 heteroatoms. The largest absolute Gasteiger partial charge is 0.353 e. The second-order valence-corrected chi connectivity index (χ2v) is 7.74. The lowest BCUT2D eigenvalue weighted by Gasteiger charge is -2.31. The molecule has 0 aromatic carbocycles. The van der Waals surface area contributed by atoms with E-state index in [1.807, 2.05) is 11.4 Å². The fraction of sp³-hybridized carbons (Fsp3) is 0.600. The van der Waals surface area contributed by atoms with Gasteiger partial charge in [-0.3, -0.25) is 4.79 Å². The van der Waals surface area contributed by atoms with Gasteiger partial charge in [0.2, 0.25) is 11.1 Å². The lowest BCUT2D eigenvalue weighted by molar-refractivity contribution is -0.119. The van der Waals surface area contributed by atoms with E-state index in [1.54, 1.807) is 16.0 Å². The molecule has 0 unspecified atom stereocenters. The van der Waals surface area contributed by atoms with Crippen LogP contribution in [-0.4, -0.2) is 62.4 Å². The molecule has 3 rings (SSSR count). The molecule has 130 valence electrons. The zero-order valence-corrected chi connectivity index (χ0v) is 15.4. The Balaban J connectivity index is 1.44. The van der Waals surface area contributed by atoms with Crippen LogP contribution in [0.2, 0.25) is 0 Å². The van der Waals surface area contributed by atoms with Crippen LogP contribution in [-0.2, 0) is 11.3 Å². The molecule has 24 heavy (non-hydrogen) atoms. The molecule has 1 aliphatic heterocycles. The Morgan fingerprint density at radius 1 is 1.46 bits per heavy atom. The van der Waals surface area contributed by atoms with Crippen molar-refractivity contribution in [3.63, 3.8) is 0 Å². The molecule has 0 atom stereocenters. The number of carbonyl (C=O) groups excluding carboxylic acids is 1. The zero-order valence-electron chi connectivity index (χ0n) is 13.7. The number of tetrazole rings is 1. The predicted octanol–water partition coefficient (Wildman–Crippen LogP) is 1.48. The first-order valence-corrected chi connectivity index (χ1v) is 10.0. The summed E-state index contributed by atoms with van der Waals surface area (Å²) in [5.74, 6) is 0.402. The maximum atomic E-state index is 12.2. The molecule has 1 aliphatic rings. The van der Waals surface area contributed by atoms with Gasteiger partial charge < -0.3 is 10.2 Å². The maximum Gasteiger partial charge on any atom is 0.230 e. The molecule has 2 aromatic heterocycles. The summed E-state index contributed by atoms with van der Waals surface area (Å²) in [7, 11) is 0. The fourth-order valence-electron chi connectivity index (χ4n) is 2.74. The summed E-state index contributed by atoms with van der Waals surface area (Å²) in [6.45, 7) is 6.03. The van der Waals surface area contributed by atoms with E-state index >= 15 is 0 Å². The monoisotopic (exact) mass is 366 g/mol. The number of nitrogens with one attached hydrogen (secondary N) is 1. The number of hydrogen-bond acceptors (Lipinski definition) is 7. The number of piperidine rings is 1. The Kier molecular flexibility index (Phi) is 6.22. The predicted molar refractivity (Wildman–Crippen MR) is 95.2 cm³/mol. The molecule has 0 spiro atoms. The lowest BCUT2D eigenvalue weighted by Crippen LogP contribution is -2.45. The van der Waals surface area contributed by atoms with Crippen molar-refractivity contribution >= 4 is 29.0 Å².